The normalized spacial score (nSPS) is 31.4. The largest absolute Gasteiger partial charge is 0.480 e. The molecule has 19 heavy (non-hydrogen) atoms. The Labute approximate surface area is 114 Å². The summed E-state index contributed by atoms with van der Waals surface area (Å²) in [6.07, 6.45) is 5.09. The zero-order valence-corrected chi connectivity index (χ0v) is 11.7. The minimum atomic E-state index is -0.860. The number of carboxylic acid groups (broad SMARTS) is 1. The lowest BCUT2D eigenvalue weighted by molar-refractivity contribution is -0.154. The molecule has 2 aliphatic rings. The lowest BCUT2D eigenvalue weighted by atomic mass is 9.75. The van der Waals surface area contributed by atoms with E-state index in [1.165, 1.54) is 0 Å². The van der Waals surface area contributed by atoms with Gasteiger partial charge in [-0.25, -0.2) is 4.79 Å². The molecule has 108 valence electrons. The highest BCUT2D eigenvalue weighted by Gasteiger charge is 2.45. The van der Waals surface area contributed by atoms with Crippen molar-refractivity contribution < 1.29 is 14.7 Å². The van der Waals surface area contributed by atoms with Gasteiger partial charge in [0.25, 0.3) is 0 Å². The molecule has 0 aromatic carbocycles. The number of carboxylic acids is 1. The van der Waals surface area contributed by atoms with E-state index < -0.39 is 12.0 Å². The van der Waals surface area contributed by atoms with Gasteiger partial charge in [0.15, 0.2) is 0 Å². The fourth-order valence-corrected chi connectivity index (χ4v) is 3.52. The first-order valence-corrected chi connectivity index (χ1v) is 7.35. The molecule has 0 radical (unpaired) electrons. The molecule has 2 heterocycles. The highest BCUT2D eigenvalue weighted by Crippen LogP contribution is 2.36. The summed E-state index contributed by atoms with van der Waals surface area (Å²) in [4.78, 5) is 25.7. The molecule has 2 atom stereocenters. The van der Waals surface area contributed by atoms with E-state index in [0.29, 0.717) is 19.5 Å². The SMILES string of the molecule is CCCC1(C(=O)N2CCC[C@@H]2C(=O)O)CCCNC1. The fourth-order valence-electron chi connectivity index (χ4n) is 3.52. The van der Waals surface area contributed by atoms with Crippen molar-refractivity contribution in [3.63, 3.8) is 0 Å². The molecule has 0 aromatic rings. The number of hydrogen-bond acceptors (Lipinski definition) is 3. The lowest BCUT2D eigenvalue weighted by Gasteiger charge is -2.40. The van der Waals surface area contributed by atoms with E-state index >= 15 is 0 Å². The van der Waals surface area contributed by atoms with Gasteiger partial charge in [0.1, 0.15) is 6.04 Å². The predicted octanol–water partition coefficient (Wildman–Crippen LogP) is 1.23. The van der Waals surface area contributed by atoms with Crippen LogP contribution in [0, 0.1) is 5.41 Å². The van der Waals surface area contributed by atoms with Gasteiger partial charge in [-0.2, -0.15) is 0 Å². The Balaban J connectivity index is 2.16. The Morgan fingerprint density at radius 1 is 1.42 bits per heavy atom. The molecular weight excluding hydrogens is 244 g/mol. The van der Waals surface area contributed by atoms with Crippen LogP contribution in [0.15, 0.2) is 0 Å². The van der Waals surface area contributed by atoms with Crippen molar-refractivity contribution in [1.29, 1.82) is 0 Å². The Kier molecular flexibility index (Phi) is 4.45. The molecule has 2 rings (SSSR count). The molecule has 0 aliphatic carbocycles. The number of aliphatic carboxylic acids is 1. The van der Waals surface area contributed by atoms with Crippen LogP contribution in [0.5, 0.6) is 0 Å². The van der Waals surface area contributed by atoms with E-state index in [-0.39, 0.29) is 11.3 Å². The highest BCUT2D eigenvalue weighted by molar-refractivity contribution is 5.88. The maximum Gasteiger partial charge on any atom is 0.326 e. The van der Waals surface area contributed by atoms with E-state index in [9.17, 15) is 14.7 Å². The molecule has 0 saturated carbocycles. The topological polar surface area (TPSA) is 69.6 Å². The van der Waals surface area contributed by atoms with Crippen molar-refractivity contribution in [2.75, 3.05) is 19.6 Å². The van der Waals surface area contributed by atoms with Crippen LogP contribution in [0.2, 0.25) is 0 Å². The minimum Gasteiger partial charge on any atom is -0.480 e. The molecule has 2 fully saturated rings. The van der Waals surface area contributed by atoms with Gasteiger partial charge >= 0.3 is 5.97 Å². The van der Waals surface area contributed by atoms with Gasteiger partial charge in [-0.3, -0.25) is 4.79 Å². The van der Waals surface area contributed by atoms with Gasteiger partial charge in [-0.1, -0.05) is 13.3 Å². The summed E-state index contributed by atoms with van der Waals surface area (Å²) in [5.74, 6) is -0.798. The number of hydrogen-bond donors (Lipinski definition) is 2. The van der Waals surface area contributed by atoms with E-state index in [1.54, 1.807) is 4.90 Å². The first-order valence-electron chi connectivity index (χ1n) is 7.35. The number of rotatable bonds is 4. The molecule has 1 amide bonds. The molecule has 0 aromatic heterocycles. The molecule has 2 N–H and O–H groups in total. The van der Waals surface area contributed by atoms with Gasteiger partial charge in [-0.05, 0) is 38.6 Å². The van der Waals surface area contributed by atoms with Crippen LogP contribution >= 0.6 is 0 Å². The van der Waals surface area contributed by atoms with E-state index in [0.717, 1.165) is 38.6 Å². The number of carbonyl (C=O) groups excluding carboxylic acids is 1. The minimum absolute atomic E-state index is 0.0615. The molecule has 1 unspecified atom stereocenters. The smallest absolute Gasteiger partial charge is 0.326 e. The van der Waals surface area contributed by atoms with Crippen LogP contribution in [-0.4, -0.2) is 47.6 Å². The second-order valence-corrected chi connectivity index (χ2v) is 5.81. The van der Waals surface area contributed by atoms with Crippen LogP contribution in [0.3, 0.4) is 0 Å². The molecule has 2 aliphatic heterocycles. The third-order valence-electron chi connectivity index (χ3n) is 4.45. The summed E-state index contributed by atoms with van der Waals surface area (Å²) in [7, 11) is 0. The maximum absolute atomic E-state index is 12.8. The molecule has 2 saturated heterocycles. The summed E-state index contributed by atoms with van der Waals surface area (Å²) in [5.41, 5.74) is -0.370. The van der Waals surface area contributed by atoms with Crippen molar-refractivity contribution in [3.8, 4) is 0 Å². The van der Waals surface area contributed by atoms with E-state index in [4.69, 9.17) is 0 Å². The number of amides is 1. The number of nitrogens with one attached hydrogen (secondary N) is 1. The average molecular weight is 268 g/mol. The quantitative estimate of drug-likeness (QED) is 0.804. The van der Waals surface area contributed by atoms with Crippen molar-refractivity contribution in [2.45, 2.75) is 51.5 Å². The van der Waals surface area contributed by atoms with Gasteiger partial charge in [0.2, 0.25) is 5.91 Å². The second-order valence-electron chi connectivity index (χ2n) is 5.81. The van der Waals surface area contributed by atoms with Crippen molar-refractivity contribution in [1.82, 2.24) is 10.2 Å². The van der Waals surface area contributed by atoms with Gasteiger partial charge in [-0.15, -0.1) is 0 Å². The number of likely N-dealkylation sites (tertiary alicyclic amines) is 1. The maximum atomic E-state index is 12.8. The van der Waals surface area contributed by atoms with Crippen LogP contribution in [0.1, 0.15) is 45.4 Å². The Hall–Kier alpha value is -1.10. The lowest BCUT2D eigenvalue weighted by Crippen LogP contribution is -2.54. The monoisotopic (exact) mass is 268 g/mol. The molecular formula is C14H24N2O3. The molecule has 5 nitrogen and oxygen atoms in total. The van der Waals surface area contributed by atoms with E-state index in [1.807, 2.05) is 0 Å². The van der Waals surface area contributed by atoms with Crippen molar-refractivity contribution in [2.24, 2.45) is 5.41 Å². The molecule has 0 spiro atoms. The third-order valence-corrected chi connectivity index (χ3v) is 4.45. The molecule has 5 heteroatoms. The number of carbonyl (C=O) groups is 2. The van der Waals surface area contributed by atoms with Crippen LogP contribution in [0.4, 0.5) is 0 Å². The van der Waals surface area contributed by atoms with Crippen LogP contribution in [-0.2, 0) is 9.59 Å². The molecule has 0 bridgehead atoms. The fraction of sp³-hybridized carbons (Fsp3) is 0.857. The summed E-state index contributed by atoms with van der Waals surface area (Å²) >= 11 is 0. The summed E-state index contributed by atoms with van der Waals surface area (Å²) in [5, 5.41) is 12.5. The Bertz CT molecular complexity index is 345. The Morgan fingerprint density at radius 3 is 2.79 bits per heavy atom. The summed E-state index contributed by atoms with van der Waals surface area (Å²) < 4.78 is 0. The number of piperidine rings is 1. The first kappa shape index (κ1) is 14.3. The van der Waals surface area contributed by atoms with Crippen molar-refractivity contribution >= 4 is 11.9 Å². The summed E-state index contributed by atoms with van der Waals surface area (Å²) in [6.45, 7) is 4.34. The van der Waals surface area contributed by atoms with Crippen LogP contribution < -0.4 is 5.32 Å². The first-order chi connectivity index (χ1) is 9.10. The Morgan fingerprint density at radius 2 is 2.21 bits per heavy atom. The second kappa shape index (κ2) is 5.90. The zero-order valence-electron chi connectivity index (χ0n) is 11.7. The van der Waals surface area contributed by atoms with Gasteiger partial charge in [0.05, 0.1) is 5.41 Å². The number of nitrogens with zero attached hydrogens (tertiary/aromatic N) is 1. The highest BCUT2D eigenvalue weighted by atomic mass is 16.4. The van der Waals surface area contributed by atoms with Crippen molar-refractivity contribution in [3.05, 3.63) is 0 Å². The summed E-state index contributed by atoms with van der Waals surface area (Å²) in [6, 6.07) is -0.608. The zero-order chi connectivity index (χ0) is 13.9. The van der Waals surface area contributed by atoms with Crippen LogP contribution in [0.25, 0.3) is 0 Å². The van der Waals surface area contributed by atoms with Gasteiger partial charge in [0, 0.05) is 13.1 Å². The van der Waals surface area contributed by atoms with Gasteiger partial charge < -0.3 is 15.3 Å². The van der Waals surface area contributed by atoms with E-state index in [2.05, 4.69) is 12.2 Å². The standard InChI is InChI=1S/C14H24N2O3/c1-2-6-14(7-4-8-15-10-14)13(19)16-9-3-5-11(16)12(17)18/h11,15H,2-10H2,1H3,(H,17,18)/t11-,14?/m1/s1. The predicted molar refractivity (Wildman–Crippen MR) is 71.8 cm³/mol. The average Bonchev–Trinajstić information content (AvgIpc) is 2.88. The third kappa shape index (κ3) is 2.76.